The van der Waals surface area contributed by atoms with Crippen molar-refractivity contribution in [2.75, 3.05) is 0 Å². The largest absolute Gasteiger partial charge is 0.338 e. The molecule has 24 heavy (non-hydrogen) atoms. The summed E-state index contributed by atoms with van der Waals surface area (Å²) in [5.74, 6) is 1.32. The highest BCUT2D eigenvalue weighted by molar-refractivity contribution is 5.18. The minimum absolute atomic E-state index is 0.230. The van der Waals surface area contributed by atoms with E-state index in [2.05, 4.69) is 46.5 Å². The Balaban J connectivity index is 1.53. The van der Waals surface area contributed by atoms with E-state index in [-0.39, 0.29) is 12.1 Å². The maximum absolute atomic E-state index is 5.33. The molecule has 2 heterocycles. The van der Waals surface area contributed by atoms with Crippen molar-refractivity contribution in [1.29, 1.82) is 0 Å². The predicted molar refractivity (Wildman–Crippen MR) is 91.5 cm³/mol. The number of aryl methyl sites for hydroxylation is 1. The van der Waals surface area contributed by atoms with Gasteiger partial charge in [-0.1, -0.05) is 35.5 Å². The highest BCUT2D eigenvalue weighted by Crippen LogP contribution is 2.12. The Kier molecular flexibility index (Phi) is 5.05. The molecular formula is C18H23N5O. The smallest absolute Gasteiger partial charge is 0.240 e. The number of benzene rings is 1. The normalized spacial score (nSPS) is 13.8. The third-order valence-corrected chi connectivity index (χ3v) is 4.16. The van der Waals surface area contributed by atoms with Crippen LogP contribution in [0.1, 0.15) is 42.7 Å². The van der Waals surface area contributed by atoms with Crippen LogP contribution < -0.4 is 5.32 Å². The van der Waals surface area contributed by atoms with Crippen LogP contribution in [0.3, 0.4) is 0 Å². The number of nitrogens with one attached hydrogen (secondary N) is 1. The fraction of sp³-hybridized carbons (Fsp3) is 0.389. The summed E-state index contributed by atoms with van der Waals surface area (Å²) < 4.78 is 7.30. The van der Waals surface area contributed by atoms with E-state index in [1.54, 1.807) is 0 Å². The van der Waals surface area contributed by atoms with Gasteiger partial charge in [0.1, 0.15) is 0 Å². The van der Waals surface area contributed by atoms with Gasteiger partial charge in [-0.2, -0.15) is 10.1 Å². The van der Waals surface area contributed by atoms with Crippen molar-refractivity contribution in [3.05, 3.63) is 65.6 Å². The highest BCUT2D eigenvalue weighted by atomic mass is 16.5. The molecular weight excluding hydrogens is 302 g/mol. The SMILES string of the molecule is Cc1cnn(C(C)C(C)NCc2nc(Cc3ccccc3)no2)c1. The second-order valence-corrected chi connectivity index (χ2v) is 6.17. The van der Waals surface area contributed by atoms with Crippen LogP contribution in [-0.2, 0) is 13.0 Å². The lowest BCUT2D eigenvalue weighted by atomic mass is 10.1. The van der Waals surface area contributed by atoms with Crippen LogP contribution in [0.2, 0.25) is 0 Å². The van der Waals surface area contributed by atoms with Gasteiger partial charge in [-0.25, -0.2) is 0 Å². The maximum atomic E-state index is 5.33. The summed E-state index contributed by atoms with van der Waals surface area (Å²) in [6.45, 7) is 6.86. The lowest BCUT2D eigenvalue weighted by Gasteiger charge is -2.20. The Hall–Kier alpha value is -2.47. The van der Waals surface area contributed by atoms with E-state index in [1.807, 2.05) is 42.2 Å². The van der Waals surface area contributed by atoms with E-state index in [0.717, 1.165) is 5.56 Å². The van der Waals surface area contributed by atoms with Crippen molar-refractivity contribution < 1.29 is 4.52 Å². The lowest BCUT2D eigenvalue weighted by molar-refractivity contribution is 0.324. The van der Waals surface area contributed by atoms with Gasteiger partial charge in [0.15, 0.2) is 5.82 Å². The van der Waals surface area contributed by atoms with Crippen molar-refractivity contribution in [2.24, 2.45) is 0 Å². The van der Waals surface area contributed by atoms with Crippen LogP contribution in [0.25, 0.3) is 0 Å². The summed E-state index contributed by atoms with van der Waals surface area (Å²) >= 11 is 0. The molecule has 0 aliphatic carbocycles. The molecule has 6 nitrogen and oxygen atoms in total. The van der Waals surface area contributed by atoms with Crippen LogP contribution in [0, 0.1) is 6.92 Å². The Labute approximate surface area is 141 Å². The third kappa shape index (κ3) is 4.08. The van der Waals surface area contributed by atoms with Crippen LogP contribution in [0.15, 0.2) is 47.2 Å². The molecule has 0 aliphatic heterocycles. The first kappa shape index (κ1) is 16.4. The quantitative estimate of drug-likeness (QED) is 0.723. The number of nitrogens with zero attached hydrogens (tertiary/aromatic N) is 4. The average molecular weight is 325 g/mol. The van der Waals surface area contributed by atoms with Gasteiger partial charge in [0, 0.05) is 18.7 Å². The second-order valence-electron chi connectivity index (χ2n) is 6.17. The number of hydrogen-bond donors (Lipinski definition) is 1. The Bertz CT molecular complexity index is 765. The molecule has 1 aromatic carbocycles. The molecule has 126 valence electrons. The highest BCUT2D eigenvalue weighted by Gasteiger charge is 2.16. The van der Waals surface area contributed by atoms with E-state index >= 15 is 0 Å². The van der Waals surface area contributed by atoms with Crippen LogP contribution in [-0.4, -0.2) is 26.0 Å². The molecule has 2 unspecified atom stereocenters. The first-order valence-electron chi connectivity index (χ1n) is 8.21. The molecule has 6 heteroatoms. The molecule has 0 radical (unpaired) electrons. The molecule has 2 atom stereocenters. The standard InChI is InChI=1S/C18H23N5O/c1-13-10-20-23(12-13)15(3)14(2)19-11-18-21-17(22-24-18)9-16-7-5-4-6-8-16/h4-8,10,12,14-15,19H,9,11H2,1-3H3. The van der Waals surface area contributed by atoms with Gasteiger partial charge in [-0.3, -0.25) is 4.68 Å². The van der Waals surface area contributed by atoms with E-state index < -0.39 is 0 Å². The molecule has 0 aliphatic rings. The fourth-order valence-electron chi connectivity index (χ4n) is 2.52. The third-order valence-electron chi connectivity index (χ3n) is 4.16. The molecule has 0 spiro atoms. The molecule has 0 amide bonds. The zero-order valence-electron chi connectivity index (χ0n) is 14.3. The van der Waals surface area contributed by atoms with Gasteiger partial charge < -0.3 is 9.84 Å². The molecule has 1 N–H and O–H groups in total. The van der Waals surface area contributed by atoms with Crippen molar-refractivity contribution >= 4 is 0 Å². The van der Waals surface area contributed by atoms with Gasteiger partial charge in [0.05, 0.1) is 18.8 Å². The zero-order valence-corrected chi connectivity index (χ0v) is 14.3. The van der Waals surface area contributed by atoms with E-state index in [4.69, 9.17) is 4.52 Å². The van der Waals surface area contributed by atoms with Crippen molar-refractivity contribution in [3.8, 4) is 0 Å². The Morgan fingerprint density at radius 2 is 2.00 bits per heavy atom. The van der Waals surface area contributed by atoms with Crippen LogP contribution in [0.4, 0.5) is 0 Å². The van der Waals surface area contributed by atoms with E-state index in [0.29, 0.717) is 24.7 Å². The number of hydrogen-bond acceptors (Lipinski definition) is 5. The first-order chi connectivity index (χ1) is 11.6. The number of aromatic nitrogens is 4. The summed E-state index contributed by atoms with van der Waals surface area (Å²) in [5, 5.41) is 11.8. The summed E-state index contributed by atoms with van der Waals surface area (Å²) in [6.07, 6.45) is 4.60. The van der Waals surface area contributed by atoms with Crippen molar-refractivity contribution in [2.45, 2.75) is 45.8 Å². The molecule has 0 fully saturated rings. The summed E-state index contributed by atoms with van der Waals surface area (Å²) in [4.78, 5) is 4.45. The second kappa shape index (κ2) is 7.40. The molecule has 0 saturated carbocycles. The summed E-state index contributed by atoms with van der Waals surface area (Å²) in [6, 6.07) is 10.6. The molecule has 3 aromatic rings. The summed E-state index contributed by atoms with van der Waals surface area (Å²) in [7, 11) is 0. The van der Waals surface area contributed by atoms with Crippen molar-refractivity contribution in [3.63, 3.8) is 0 Å². The minimum Gasteiger partial charge on any atom is -0.338 e. The Morgan fingerprint density at radius 1 is 1.21 bits per heavy atom. The average Bonchev–Trinajstić information content (AvgIpc) is 3.22. The first-order valence-corrected chi connectivity index (χ1v) is 8.21. The van der Waals surface area contributed by atoms with Gasteiger partial charge in [-0.15, -0.1) is 0 Å². The Morgan fingerprint density at radius 3 is 2.71 bits per heavy atom. The molecule has 0 saturated heterocycles. The fourth-order valence-corrected chi connectivity index (χ4v) is 2.52. The minimum atomic E-state index is 0.230. The van der Waals surface area contributed by atoms with E-state index in [9.17, 15) is 0 Å². The van der Waals surface area contributed by atoms with Crippen LogP contribution in [0.5, 0.6) is 0 Å². The topological polar surface area (TPSA) is 68.8 Å². The van der Waals surface area contributed by atoms with Gasteiger partial charge in [0.2, 0.25) is 5.89 Å². The number of rotatable bonds is 7. The van der Waals surface area contributed by atoms with Gasteiger partial charge in [0.25, 0.3) is 0 Å². The maximum Gasteiger partial charge on any atom is 0.240 e. The van der Waals surface area contributed by atoms with Crippen molar-refractivity contribution in [1.82, 2.24) is 25.2 Å². The van der Waals surface area contributed by atoms with Gasteiger partial charge >= 0.3 is 0 Å². The zero-order chi connectivity index (χ0) is 16.9. The molecule has 3 rings (SSSR count). The van der Waals surface area contributed by atoms with E-state index in [1.165, 1.54) is 5.56 Å². The molecule has 0 bridgehead atoms. The predicted octanol–water partition coefficient (Wildman–Crippen LogP) is 2.90. The van der Waals surface area contributed by atoms with Gasteiger partial charge in [-0.05, 0) is 31.9 Å². The monoisotopic (exact) mass is 325 g/mol. The molecule has 2 aromatic heterocycles. The lowest BCUT2D eigenvalue weighted by Crippen LogP contribution is -2.33. The van der Waals surface area contributed by atoms with Crippen LogP contribution >= 0.6 is 0 Å². The summed E-state index contributed by atoms with van der Waals surface area (Å²) in [5.41, 5.74) is 2.34.